The predicted octanol–water partition coefficient (Wildman–Crippen LogP) is 5.32. The van der Waals surface area contributed by atoms with E-state index in [1.54, 1.807) is 0 Å². The zero-order valence-electron chi connectivity index (χ0n) is 20.8. The van der Waals surface area contributed by atoms with Crippen LogP contribution in [0.4, 0.5) is 17.3 Å². The van der Waals surface area contributed by atoms with Crippen molar-refractivity contribution in [2.75, 3.05) is 36.4 Å². The first kappa shape index (κ1) is 23.5. The van der Waals surface area contributed by atoms with E-state index in [-0.39, 0.29) is 11.8 Å². The molecule has 1 aromatic heterocycles. The average Bonchev–Trinajstić information content (AvgIpc) is 2.91. The summed E-state index contributed by atoms with van der Waals surface area (Å²) in [6.07, 6.45) is 0. The van der Waals surface area contributed by atoms with Crippen LogP contribution in [0.25, 0.3) is 0 Å². The largest absolute Gasteiger partial charge is 0.353 e. The Morgan fingerprint density at radius 1 is 0.778 bits per heavy atom. The number of amides is 1. The summed E-state index contributed by atoms with van der Waals surface area (Å²) in [7, 11) is 0. The molecule has 0 atom stereocenters. The Morgan fingerprint density at radius 3 is 1.94 bits per heavy atom. The third-order valence-corrected chi connectivity index (χ3v) is 6.58. The molecule has 36 heavy (non-hydrogen) atoms. The number of rotatable bonds is 6. The van der Waals surface area contributed by atoms with Crippen molar-refractivity contribution in [3.8, 4) is 0 Å². The highest BCUT2D eigenvalue weighted by atomic mass is 16.2. The second-order valence-corrected chi connectivity index (χ2v) is 9.22. The first-order valence-corrected chi connectivity index (χ1v) is 12.4. The number of hydrogen-bond donors (Lipinski definition) is 1. The summed E-state index contributed by atoms with van der Waals surface area (Å²) in [5.74, 6) is 2.21. The minimum absolute atomic E-state index is 0.146. The molecule has 1 saturated heterocycles. The van der Waals surface area contributed by atoms with Gasteiger partial charge < -0.3 is 15.1 Å². The Morgan fingerprint density at radius 2 is 1.36 bits per heavy atom. The van der Waals surface area contributed by atoms with Crippen molar-refractivity contribution in [3.05, 3.63) is 114 Å². The average molecular weight is 478 g/mol. The van der Waals surface area contributed by atoms with Gasteiger partial charge in [-0.2, -0.15) is 0 Å². The molecule has 6 heteroatoms. The van der Waals surface area contributed by atoms with Gasteiger partial charge in [0.15, 0.2) is 0 Å². The molecule has 0 spiro atoms. The van der Waals surface area contributed by atoms with Crippen molar-refractivity contribution >= 4 is 23.2 Å². The molecule has 0 saturated carbocycles. The summed E-state index contributed by atoms with van der Waals surface area (Å²) >= 11 is 0. The zero-order chi connectivity index (χ0) is 24.9. The number of aromatic nitrogens is 2. The Bertz CT molecular complexity index is 1260. The highest BCUT2D eigenvalue weighted by Crippen LogP contribution is 2.28. The van der Waals surface area contributed by atoms with Crippen LogP contribution in [-0.2, 0) is 4.79 Å². The molecule has 4 aromatic rings. The molecule has 1 N–H and O–H groups in total. The summed E-state index contributed by atoms with van der Waals surface area (Å²) < 4.78 is 0. The van der Waals surface area contributed by atoms with Crippen LogP contribution in [0.15, 0.2) is 91.0 Å². The molecular formula is C30H31N5O. The topological polar surface area (TPSA) is 61.4 Å². The van der Waals surface area contributed by atoms with Gasteiger partial charge in [0, 0.05) is 37.9 Å². The van der Waals surface area contributed by atoms with E-state index >= 15 is 0 Å². The van der Waals surface area contributed by atoms with Crippen LogP contribution in [0.2, 0.25) is 0 Å². The van der Waals surface area contributed by atoms with Gasteiger partial charge in [0.05, 0.1) is 5.92 Å². The molecule has 0 radical (unpaired) electrons. The van der Waals surface area contributed by atoms with Crippen LogP contribution in [0, 0.1) is 13.8 Å². The Labute approximate surface area is 212 Å². The maximum absolute atomic E-state index is 13.7. The van der Waals surface area contributed by atoms with Gasteiger partial charge in [0.1, 0.15) is 17.5 Å². The van der Waals surface area contributed by atoms with Crippen LogP contribution in [0.3, 0.4) is 0 Å². The predicted molar refractivity (Wildman–Crippen MR) is 145 cm³/mol. The van der Waals surface area contributed by atoms with E-state index in [9.17, 15) is 4.79 Å². The standard InChI is InChI=1S/C30H31N5O/c1-22-13-15-26(16-14-22)33-27-21-28(32-23(2)31-27)34-17-19-35(20-18-34)30(36)29(24-9-5-3-6-10-24)25-11-7-4-8-12-25/h3-16,21,29H,17-20H2,1-2H3,(H,31,32,33). The normalized spacial score (nSPS) is 13.6. The van der Waals surface area contributed by atoms with Crippen LogP contribution < -0.4 is 10.2 Å². The number of piperazine rings is 1. The first-order chi connectivity index (χ1) is 17.6. The summed E-state index contributed by atoms with van der Waals surface area (Å²) in [4.78, 5) is 27.2. The van der Waals surface area contributed by atoms with Gasteiger partial charge in [-0.1, -0.05) is 78.4 Å². The fourth-order valence-electron chi connectivity index (χ4n) is 4.67. The first-order valence-electron chi connectivity index (χ1n) is 12.4. The molecule has 1 aliphatic heterocycles. The molecule has 5 rings (SSSR count). The number of nitrogens with zero attached hydrogens (tertiary/aromatic N) is 4. The second kappa shape index (κ2) is 10.6. The second-order valence-electron chi connectivity index (χ2n) is 9.22. The number of carbonyl (C=O) groups excluding carboxylic acids is 1. The van der Waals surface area contributed by atoms with E-state index < -0.39 is 0 Å². The highest BCUT2D eigenvalue weighted by molar-refractivity contribution is 5.87. The summed E-state index contributed by atoms with van der Waals surface area (Å²) in [6, 6.07) is 30.4. The van der Waals surface area contributed by atoms with Crippen LogP contribution in [-0.4, -0.2) is 47.0 Å². The molecule has 0 unspecified atom stereocenters. The van der Waals surface area contributed by atoms with Gasteiger partial charge in [-0.15, -0.1) is 0 Å². The Hall–Kier alpha value is -4.19. The highest BCUT2D eigenvalue weighted by Gasteiger charge is 2.30. The molecule has 1 aliphatic rings. The van der Waals surface area contributed by atoms with E-state index in [1.807, 2.05) is 90.7 Å². The molecule has 2 heterocycles. The third-order valence-electron chi connectivity index (χ3n) is 6.58. The lowest BCUT2D eigenvalue weighted by Gasteiger charge is -2.37. The number of hydrogen-bond acceptors (Lipinski definition) is 5. The molecule has 0 aliphatic carbocycles. The summed E-state index contributed by atoms with van der Waals surface area (Å²) in [5, 5.41) is 3.39. The van der Waals surface area contributed by atoms with Crippen molar-refractivity contribution < 1.29 is 4.79 Å². The molecule has 0 bridgehead atoms. The molecule has 6 nitrogen and oxygen atoms in total. The fourth-order valence-corrected chi connectivity index (χ4v) is 4.67. The van der Waals surface area contributed by atoms with E-state index in [1.165, 1.54) is 5.56 Å². The van der Waals surface area contributed by atoms with Crippen molar-refractivity contribution in [1.82, 2.24) is 14.9 Å². The van der Waals surface area contributed by atoms with Gasteiger partial charge in [-0.05, 0) is 37.1 Å². The van der Waals surface area contributed by atoms with Crippen LogP contribution >= 0.6 is 0 Å². The SMILES string of the molecule is Cc1ccc(Nc2cc(N3CCN(C(=O)C(c4ccccc4)c4ccccc4)CC3)nc(C)n2)cc1. The van der Waals surface area contributed by atoms with Gasteiger partial charge in [0.25, 0.3) is 0 Å². The van der Waals surface area contributed by atoms with Gasteiger partial charge >= 0.3 is 0 Å². The van der Waals surface area contributed by atoms with Crippen molar-refractivity contribution in [3.63, 3.8) is 0 Å². The monoisotopic (exact) mass is 477 g/mol. The van der Waals surface area contributed by atoms with Gasteiger partial charge in [-0.25, -0.2) is 9.97 Å². The number of carbonyl (C=O) groups is 1. The maximum atomic E-state index is 13.7. The molecule has 3 aromatic carbocycles. The number of aryl methyl sites for hydroxylation is 2. The van der Waals surface area contributed by atoms with Crippen molar-refractivity contribution in [2.45, 2.75) is 19.8 Å². The number of nitrogens with one attached hydrogen (secondary N) is 1. The smallest absolute Gasteiger partial charge is 0.234 e. The minimum Gasteiger partial charge on any atom is -0.353 e. The molecule has 182 valence electrons. The third kappa shape index (κ3) is 5.38. The van der Waals surface area contributed by atoms with Gasteiger partial charge in [0.2, 0.25) is 5.91 Å². The lowest BCUT2D eigenvalue weighted by molar-refractivity contribution is -0.132. The minimum atomic E-state index is -0.300. The van der Waals surface area contributed by atoms with E-state index in [0.29, 0.717) is 18.9 Å². The maximum Gasteiger partial charge on any atom is 0.234 e. The van der Waals surface area contributed by atoms with E-state index in [0.717, 1.165) is 41.5 Å². The van der Waals surface area contributed by atoms with E-state index in [2.05, 4.69) is 39.2 Å². The number of anilines is 3. The van der Waals surface area contributed by atoms with Crippen molar-refractivity contribution in [1.29, 1.82) is 0 Å². The summed E-state index contributed by atoms with van der Waals surface area (Å²) in [5.41, 5.74) is 4.26. The Balaban J connectivity index is 1.30. The molecule has 1 fully saturated rings. The summed E-state index contributed by atoms with van der Waals surface area (Å²) in [6.45, 7) is 6.74. The Kier molecular flexibility index (Phi) is 6.94. The fraction of sp³-hybridized carbons (Fsp3) is 0.233. The van der Waals surface area contributed by atoms with Crippen LogP contribution in [0.1, 0.15) is 28.4 Å². The quantitative estimate of drug-likeness (QED) is 0.407. The lowest BCUT2D eigenvalue weighted by Crippen LogP contribution is -2.50. The van der Waals surface area contributed by atoms with E-state index in [4.69, 9.17) is 0 Å². The molecular weight excluding hydrogens is 446 g/mol. The number of benzene rings is 3. The van der Waals surface area contributed by atoms with Crippen LogP contribution in [0.5, 0.6) is 0 Å². The van der Waals surface area contributed by atoms with Gasteiger partial charge in [-0.3, -0.25) is 4.79 Å². The lowest BCUT2D eigenvalue weighted by atomic mass is 9.90. The molecule has 1 amide bonds. The van der Waals surface area contributed by atoms with Crippen molar-refractivity contribution in [2.24, 2.45) is 0 Å². The zero-order valence-corrected chi connectivity index (χ0v) is 20.8.